The summed E-state index contributed by atoms with van der Waals surface area (Å²) in [6.07, 6.45) is 2.78. The minimum atomic E-state index is -0.392. The average Bonchev–Trinajstić information content (AvgIpc) is 3.12. The molecule has 0 aliphatic rings. The molecular weight excluding hydrogens is 401 g/mol. The summed E-state index contributed by atoms with van der Waals surface area (Å²) in [4.78, 5) is 29.3. The Morgan fingerprint density at radius 2 is 1.86 bits per heavy atom. The quantitative estimate of drug-likeness (QED) is 0.554. The summed E-state index contributed by atoms with van der Waals surface area (Å²) in [6, 6.07) is 14.1. The molecule has 0 unspecified atom stereocenters. The van der Waals surface area contributed by atoms with E-state index in [1.165, 1.54) is 23.2 Å². The number of nitrogens with one attached hydrogen (secondary N) is 1. The van der Waals surface area contributed by atoms with Crippen LogP contribution in [0.25, 0.3) is 16.7 Å². The number of para-hydroxylation sites is 1. The molecule has 2 heterocycles. The molecule has 9 heteroatoms. The van der Waals surface area contributed by atoms with Crippen molar-refractivity contribution in [3.05, 3.63) is 81.5 Å². The van der Waals surface area contributed by atoms with Gasteiger partial charge in [-0.25, -0.2) is 9.67 Å². The average molecular weight is 414 g/mol. The Kier molecular flexibility index (Phi) is 4.85. The first-order valence-electron chi connectivity index (χ1n) is 8.26. The van der Waals surface area contributed by atoms with E-state index in [4.69, 9.17) is 23.2 Å². The second-order valence-corrected chi connectivity index (χ2v) is 6.80. The predicted molar refractivity (Wildman–Crippen MR) is 108 cm³/mol. The van der Waals surface area contributed by atoms with Crippen molar-refractivity contribution in [1.29, 1.82) is 0 Å². The van der Waals surface area contributed by atoms with Gasteiger partial charge in [0.25, 0.3) is 5.56 Å². The van der Waals surface area contributed by atoms with Gasteiger partial charge in [0.15, 0.2) is 5.65 Å². The van der Waals surface area contributed by atoms with Gasteiger partial charge in [-0.05, 0) is 30.3 Å². The second kappa shape index (κ2) is 7.46. The smallest absolute Gasteiger partial charge is 0.264 e. The van der Waals surface area contributed by atoms with Gasteiger partial charge in [-0.1, -0.05) is 41.4 Å². The second-order valence-electron chi connectivity index (χ2n) is 5.98. The summed E-state index contributed by atoms with van der Waals surface area (Å²) in [5, 5.41) is 7.96. The Labute approximate surface area is 169 Å². The van der Waals surface area contributed by atoms with Gasteiger partial charge in [0.1, 0.15) is 18.3 Å². The van der Waals surface area contributed by atoms with Gasteiger partial charge in [-0.3, -0.25) is 14.2 Å². The molecule has 140 valence electrons. The largest absolute Gasteiger partial charge is 0.324 e. The molecule has 0 atom stereocenters. The fourth-order valence-corrected chi connectivity index (χ4v) is 3.05. The number of carbonyl (C=O) groups is 1. The maximum atomic E-state index is 12.7. The van der Waals surface area contributed by atoms with E-state index >= 15 is 0 Å². The van der Waals surface area contributed by atoms with Crippen molar-refractivity contribution >= 4 is 45.8 Å². The number of hydrogen-bond acceptors (Lipinski definition) is 4. The Hall–Kier alpha value is -3.16. The lowest BCUT2D eigenvalue weighted by molar-refractivity contribution is -0.116. The van der Waals surface area contributed by atoms with E-state index in [2.05, 4.69) is 15.4 Å². The monoisotopic (exact) mass is 413 g/mol. The zero-order valence-electron chi connectivity index (χ0n) is 14.3. The van der Waals surface area contributed by atoms with Gasteiger partial charge < -0.3 is 5.32 Å². The van der Waals surface area contributed by atoms with Gasteiger partial charge in [0.05, 0.1) is 21.9 Å². The summed E-state index contributed by atoms with van der Waals surface area (Å²) in [6.45, 7) is -0.196. The van der Waals surface area contributed by atoms with Crippen molar-refractivity contribution in [2.75, 3.05) is 5.32 Å². The molecule has 0 radical (unpaired) electrons. The van der Waals surface area contributed by atoms with Gasteiger partial charge in [0.2, 0.25) is 5.91 Å². The van der Waals surface area contributed by atoms with E-state index in [0.717, 1.165) is 5.69 Å². The Morgan fingerprint density at radius 3 is 2.61 bits per heavy atom. The first-order chi connectivity index (χ1) is 13.5. The molecule has 0 spiro atoms. The molecular formula is C19H13Cl2N5O2. The lowest BCUT2D eigenvalue weighted by atomic mass is 10.3. The molecule has 4 aromatic rings. The fourth-order valence-electron chi connectivity index (χ4n) is 2.75. The first-order valence-corrected chi connectivity index (χ1v) is 9.02. The molecule has 1 N–H and O–H groups in total. The van der Waals surface area contributed by atoms with Gasteiger partial charge in [-0.2, -0.15) is 5.10 Å². The van der Waals surface area contributed by atoms with Gasteiger partial charge >= 0.3 is 0 Å². The van der Waals surface area contributed by atoms with E-state index in [1.54, 1.807) is 16.8 Å². The minimum Gasteiger partial charge on any atom is -0.324 e. The van der Waals surface area contributed by atoms with Crippen LogP contribution in [0.4, 0.5) is 5.69 Å². The number of nitrogens with zero attached hydrogens (tertiary/aromatic N) is 4. The Balaban J connectivity index is 1.59. The van der Waals surface area contributed by atoms with Crippen molar-refractivity contribution in [1.82, 2.24) is 19.3 Å². The fraction of sp³-hybridized carbons (Fsp3) is 0.0526. The van der Waals surface area contributed by atoms with Crippen LogP contribution in [0.1, 0.15) is 0 Å². The lowest BCUT2D eigenvalue weighted by Crippen LogP contribution is -2.27. The number of aromatic nitrogens is 4. The van der Waals surface area contributed by atoms with E-state index in [-0.39, 0.29) is 12.1 Å². The molecule has 0 saturated heterocycles. The standard InChI is InChI=1S/C19H13Cl2N5O2/c20-15-7-6-12(8-16(15)21)24-17(27)10-25-11-22-18-14(19(25)28)9-23-26(18)13-4-2-1-3-5-13/h1-9,11H,10H2,(H,24,27). The summed E-state index contributed by atoms with van der Waals surface area (Å²) in [7, 11) is 0. The molecule has 0 fully saturated rings. The molecule has 0 aliphatic carbocycles. The van der Waals surface area contributed by atoms with Crippen molar-refractivity contribution in [3.63, 3.8) is 0 Å². The van der Waals surface area contributed by atoms with Crippen LogP contribution in [0.15, 0.2) is 65.8 Å². The van der Waals surface area contributed by atoms with Crippen molar-refractivity contribution in [3.8, 4) is 5.69 Å². The lowest BCUT2D eigenvalue weighted by Gasteiger charge is -2.08. The van der Waals surface area contributed by atoms with Crippen LogP contribution >= 0.6 is 23.2 Å². The Bertz CT molecular complexity index is 1230. The maximum absolute atomic E-state index is 12.7. The minimum absolute atomic E-state index is 0.196. The third kappa shape index (κ3) is 3.49. The highest BCUT2D eigenvalue weighted by Gasteiger charge is 2.13. The molecule has 0 bridgehead atoms. The normalized spacial score (nSPS) is 10.9. The van der Waals surface area contributed by atoms with Crippen LogP contribution in [0.5, 0.6) is 0 Å². The van der Waals surface area contributed by atoms with E-state index < -0.39 is 5.91 Å². The van der Waals surface area contributed by atoms with E-state index in [1.807, 2.05) is 30.3 Å². The molecule has 1 amide bonds. The molecule has 4 rings (SSSR count). The van der Waals surface area contributed by atoms with E-state index in [9.17, 15) is 9.59 Å². The van der Waals surface area contributed by atoms with Crippen molar-refractivity contribution < 1.29 is 4.79 Å². The number of hydrogen-bond donors (Lipinski definition) is 1. The van der Waals surface area contributed by atoms with Crippen LogP contribution in [-0.2, 0) is 11.3 Å². The molecule has 7 nitrogen and oxygen atoms in total. The number of halogens is 2. The highest BCUT2D eigenvalue weighted by Crippen LogP contribution is 2.25. The molecule has 2 aromatic carbocycles. The van der Waals surface area contributed by atoms with Crippen LogP contribution in [0.2, 0.25) is 10.0 Å². The van der Waals surface area contributed by atoms with Crippen molar-refractivity contribution in [2.24, 2.45) is 0 Å². The topological polar surface area (TPSA) is 81.8 Å². The summed E-state index contributed by atoms with van der Waals surface area (Å²) < 4.78 is 2.81. The highest BCUT2D eigenvalue weighted by atomic mass is 35.5. The van der Waals surface area contributed by atoms with E-state index in [0.29, 0.717) is 26.8 Å². The predicted octanol–water partition coefficient (Wildman–Crippen LogP) is 3.53. The number of anilines is 1. The Morgan fingerprint density at radius 1 is 1.07 bits per heavy atom. The molecule has 2 aromatic heterocycles. The molecule has 0 aliphatic heterocycles. The van der Waals surface area contributed by atoms with Crippen LogP contribution < -0.4 is 10.9 Å². The zero-order chi connectivity index (χ0) is 19.7. The number of benzene rings is 2. The molecule has 0 saturated carbocycles. The number of rotatable bonds is 4. The number of amides is 1. The zero-order valence-corrected chi connectivity index (χ0v) is 15.9. The highest BCUT2D eigenvalue weighted by molar-refractivity contribution is 6.42. The van der Waals surface area contributed by atoms with Gasteiger partial charge in [0, 0.05) is 5.69 Å². The SMILES string of the molecule is O=C(Cn1cnc2c(cnn2-c2ccccc2)c1=O)Nc1ccc(Cl)c(Cl)c1. The van der Waals surface area contributed by atoms with Crippen molar-refractivity contribution in [2.45, 2.75) is 6.54 Å². The maximum Gasteiger partial charge on any atom is 0.264 e. The van der Waals surface area contributed by atoms with Gasteiger partial charge in [-0.15, -0.1) is 0 Å². The summed E-state index contributed by atoms with van der Waals surface area (Å²) >= 11 is 11.8. The van der Waals surface area contributed by atoms with Crippen LogP contribution in [0, 0.1) is 0 Å². The number of carbonyl (C=O) groups excluding carboxylic acids is 1. The first kappa shape index (κ1) is 18.2. The third-order valence-electron chi connectivity index (χ3n) is 4.07. The van der Waals surface area contributed by atoms with Crippen LogP contribution in [-0.4, -0.2) is 25.2 Å². The summed E-state index contributed by atoms with van der Waals surface area (Å²) in [5.41, 5.74) is 1.35. The number of fused-ring (bicyclic) bond motifs is 1. The summed E-state index contributed by atoms with van der Waals surface area (Å²) in [5.74, 6) is -0.392. The van der Waals surface area contributed by atoms with Crippen LogP contribution in [0.3, 0.4) is 0 Å². The molecule has 28 heavy (non-hydrogen) atoms. The third-order valence-corrected chi connectivity index (χ3v) is 4.81.